The van der Waals surface area contributed by atoms with Gasteiger partial charge >= 0.3 is 0 Å². The molecule has 1 N–H and O–H groups in total. The zero-order valence-electron chi connectivity index (χ0n) is 10.4. The third-order valence-electron chi connectivity index (χ3n) is 2.70. The van der Waals surface area contributed by atoms with Gasteiger partial charge in [-0.15, -0.1) is 11.6 Å². The molecule has 0 radical (unpaired) electrons. The largest absolute Gasteiger partial charge is 0.319 e. The summed E-state index contributed by atoms with van der Waals surface area (Å²) < 4.78 is 0. The Morgan fingerprint density at radius 2 is 1.85 bits per heavy atom. The van der Waals surface area contributed by atoms with Gasteiger partial charge in [0, 0.05) is 6.07 Å². The SMILES string of the molecule is O=C(CCl)Nc1ccc(-c2ccccc2)cc1[N+](=O)[O-]. The molecular weight excluding hydrogens is 280 g/mol. The normalized spacial score (nSPS) is 10.1. The Kier molecular flexibility index (Phi) is 4.32. The molecule has 0 aliphatic heterocycles. The number of hydrogen-bond donors (Lipinski definition) is 1. The number of nitro groups is 1. The van der Waals surface area contributed by atoms with Crippen molar-refractivity contribution in [3.63, 3.8) is 0 Å². The third-order valence-corrected chi connectivity index (χ3v) is 2.94. The number of nitrogens with one attached hydrogen (secondary N) is 1. The van der Waals surface area contributed by atoms with E-state index in [0.29, 0.717) is 5.56 Å². The van der Waals surface area contributed by atoms with Crippen molar-refractivity contribution in [1.29, 1.82) is 0 Å². The van der Waals surface area contributed by atoms with Crippen LogP contribution in [0.15, 0.2) is 48.5 Å². The van der Waals surface area contributed by atoms with E-state index in [9.17, 15) is 14.9 Å². The van der Waals surface area contributed by atoms with Gasteiger partial charge in [-0.05, 0) is 17.2 Å². The standard InChI is InChI=1S/C14H11ClN2O3/c15-9-14(18)16-12-7-6-11(8-13(12)17(19)20)10-4-2-1-3-5-10/h1-8H,9H2,(H,16,18). The van der Waals surface area contributed by atoms with Crippen LogP contribution in [0.4, 0.5) is 11.4 Å². The molecule has 0 heterocycles. The van der Waals surface area contributed by atoms with E-state index in [0.717, 1.165) is 5.56 Å². The third kappa shape index (κ3) is 3.13. The average molecular weight is 291 g/mol. The van der Waals surface area contributed by atoms with Gasteiger partial charge in [0.25, 0.3) is 5.69 Å². The fourth-order valence-electron chi connectivity index (χ4n) is 1.78. The molecule has 0 aliphatic rings. The van der Waals surface area contributed by atoms with Crippen molar-refractivity contribution >= 4 is 28.9 Å². The molecule has 0 saturated carbocycles. The number of halogens is 1. The summed E-state index contributed by atoms with van der Waals surface area (Å²) in [6.45, 7) is 0. The molecule has 0 saturated heterocycles. The van der Waals surface area contributed by atoms with Crippen LogP contribution < -0.4 is 5.32 Å². The summed E-state index contributed by atoms with van der Waals surface area (Å²) in [5.41, 5.74) is 1.55. The lowest BCUT2D eigenvalue weighted by Gasteiger charge is -2.07. The molecule has 2 aromatic rings. The average Bonchev–Trinajstić information content (AvgIpc) is 2.48. The van der Waals surface area contributed by atoms with Crippen LogP contribution in [-0.4, -0.2) is 16.7 Å². The van der Waals surface area contributed by atoms with Crippen LogP contribution in [0.3, 0.4) is 0 Å². The number of benzene rings is 2. The van der Waals surface area contributed by atoms with Crippen molar-refractivity contribution < 1.29 is 9.72 Å². The summed E-state index contributed by atoms with van der Waals surface area (Å²) in [6, 6.07) is 13.9. The van der Waals surface area contributed by atoms with Crippen LogP contribution in [0.1, 0.15) is 0 Å². The number of carbonyl (C=O) groups excluding carboxylic acids is 1. The minimum absolute atomic E-state index is 0.139. The lowest BCUT2D eigenvalue weighted by molar-refractivity contribution is -0.383. The quantitative estimate of drug-likeness (QED) is 0.532. The highest BCUT2D eigenvalue weighted by atomic mass is 35.5. The van der Waals surface area contributed by atoms with Gasteiger partial charge in [0.05, 0.1) is 4.92 Å². The van der Waals surface area contributed by atoms with Gasteiger partial charge in [-0.1, -0.05) is 36.4 Å². The molecule has 0 bridgehead atoms. The zero-order chi connectivity index (χ0) is 14.5. The van der Waals surface area contributed by atoms with Crippen molar-refractivity contribution in [2.75, 3.05) is 11.2 Å². The first-order valence-corrected chi connectivity index (χ1v) is 6.35. The van der Waals surface area contributed by atoms with Crippen molar-refractivity contribution in [2.45, 2.75) is 0 Å². The molecule has 0 aliphatic carbocycles. The molecular formula is C14H11ClN2O3. The fourth-order valence-corrected chi connectivity index (χ4v) is 1.85. The first-order chi connectivity index (χ1) is 9.61. The topological polar surface area (TPSA) is 72.2 Å². The Hall–Kier alpha value is -2.40. The lowest BCUT2D eigenvalue weighted by atomic mass is 10.0. The molecule has 0 atom stereocenters. The van der Waals surface area contributed by atoms with E-state index >= 15 is 0 Å². The number of nitro benzene ring substituents is 1. The summed E-state index contributed by atoms with van der Waals surface area (Å²) in [5.74, 6) is -0.736. The number of amides is 1. The van der Waals surface area contributed by atoms with E-state index in [4.69, 9.17) is 11.6 Å². The maximum atomic E-state index is 11.2. The maximum absolute atomic E-state index is 11.2. The molecule has 2 rings (SSSR count). The summed E-state index contributed by atoms with van der Waals surface area (Å²) in [4.78, 5) is 21.8. The second kappa shape index (κ2) is 6.16. The van der Waals surface area contributed by atoms with Gasteiger partial charge in [0.1, 0.15) is 11.6 Å². The number of nitrogens with zero attached hydrogens (tertiary/aromatic N) is 1. The number of carbonyl (C=O) groups is 1. The summed E-state index contributed by atoms with van der Waals surface area (Å²) in [6.07, 6.45) is 0. The van der Waals surface area contributed by atoms with Crippen molar-refractivity contribution in [2.24, 2.45) is 0 Å². The summed E-state index contributed by atoms with van der Waals surface area (Å²) in [7, 11) is 0. The van der Waals surface area contributed by atoms with E-state index in [1.54, 1.807) is 6.07 Å². The molecule has 102 valence electrons. The van der Waals surface area contributed by atoms with Crippen molar-refractivity contribution in [1.82, 2.24) is 0 Å². The number of alkyl halides is 1. The minimum atomic E-state index is -0.531. The predicted octanol–water partition coefficient (Wildman–Crippen LogP) is 3.44. The molecule has 6 heteroatoms. The van der Waals surface area contributed by atoms with Gasteiger partial charge in [0.15, 0.2) is 0 Å². The van der Waals surface area contributed by atoms with E-state index < -0.39 is 10.8 Å². The molecule has 0 spiro atoms. The summed E-state index contributed by atoms with van der Waals surface area (Å²) in [5, 5.41) is 13.5. The van der Waals surface area contributed by atoms with Gasteiger partial charge in [-0.25, -0.2) is 0 Å². The van der Waals surface area contributed by atoms with E-state index in [1.807, 2.05) is 30.3 Å². The van der Waals surface area contributed by atoms with Crippen LogP contribution in [-0.2, 0) is 4.79 Å². The molecule has 0 aromatic heterocycles. The first-order valence-electron chi connectivity index (χ1n) is 5.81. The second-order valence-corrected chi connectivity index (χ2v) is 4.30. The highest BCUT2D eigenvalue weighted by molar-refractivity contribution is 6.29. The highest BCUT2D eigenvalue weighted by Gasteiger charge is 2.16. The van der Waals surface area contributed by atoms with Crippen LogP contribution in [0.2, 0.25) is 0 Å². The molecule has 0 fully saturated rings. The molecule has 20 heavy (non-hydrogen) atoms. The molecule has 2 aromatic carbocycles. The zero-order valence-corrected chi connectivity index (χ0v) is 11.1. The van der Waals surface area contributed by atoms with Crippen LogP contribution in [0, 0.1) is 10.1 Å². The first kappa shape index (κ1) is 14.0. The smallest absolute Gasteiger partial charge is 0.293 e. The number of hydrogen-bond acceptors (Lipinski definition) is 3. The fraction of sp³-hybridized carbons (Fsp3) is 0.0714. The molecule has 1 amide bonds. The Morgan fingerprint density at radius 1 is 1.15 bits per heavy atom. The second-order valence-electron chi connectivity index (χ2n) is 4.04. The van der Waals surface area contributed by atoms with Gasteiger partial charge in [-0.2, -0.15) is 0 Å². The van der Waals surface area contributed by atoms with Gasteiger partial charge in [-0.3, -0.25) is 14.9 Å². The Bertz CT molecular complexity index is 644. The van der Waals surface area contributed by atoms with Crippen molar-refractivity contribution in [3.05, 3.63) is 58.6 Å². The van der Waals surface area contributed by atoms with E-state index in [-0.39, 0.29) is 17.3 Å². The highest BCUT2D eigenvalue weighted by Crippen LogP contribution is 2.30. The van der Waals surface area contributed by atoms with Gasteiger partial charge < -0.3 is 5.32 Å². The number of anilines is 1. The monoisotopic (exact) mass is 290 g/mol. The van der Waals surface area contributed by atoms with Crippen molar-refractivity contribution in [3.8, 4) is 11.1 Å². The number of rotatable bonds is 4. The van der Waals surface area contributed by atoms with Crippen LogP contribution >= 0.6 is 11.6 Å². The molecule has 5 nitrogen and oxygen atoms in total. The Labute approximate surface area is 120 Å². The van der Waals surface area contributed by atoms with Crippen LogP contribution in [0.25, 0.3) is 11.1 Å². The lowest BCUT2D eigenvalue weighted by Crippen LogP contribution is -2.13. The van der Waals surface area contributed by atoms with Crippen LogP contribution in [0.5, 0.6) is 0 Å². The summed E-state index contributed by atoms with van der Waals surface area (Å²) >= 11 is 5.38. The predicted molar refractivity (Wildman–Crippen MR) is 77.9 cm³/mol. The Morgan fingerprint density at radius 3 is 2.45 bits per heavy atom. The maximum Gasteiger partial charge on any atom is 0.293 e. The Balaban J connectivity index is 2.43. The van der Waals surface area contributed by atoms with Gasteiger partial charge in [0.2, 0.25) is 5.91 Å². The van der Waals surface area contributed by atoms with E-state index in [1.165, 1.54) is 12.1 Å². The molecule has 0 unspecified atom stereocenters. The minimum Gasteiger partial charge on any atom is -0.319 e. The van der Waals surface area contributed by atoms with E-state index in [2.05, 4.69) is 5.32 Å².